The van der Waals surface area contributed by atoms with E-state index >= 15 is 0 Å². The average molecular weight is 237 g/mol. The van der Waals surface area contributed by atoms with Gasteiger partial charge in [-0.25, -0.2) is 4.98 Å². The molecule has 1 heterocycles. The molecule has 2 N–H and O–H groups in total. The van der Waals surface area contributed by atoms with Crippen LogP contribution in [0.3, 0.4) is 0 Å². The molecular formula is C13H23N3O. The lowest BCUT2D eigenvalue weighted by Gasteiger charge is -2.25. The van der Waals surface area contributed by atoms with Gasteiger partial charge in [0, 0.05) is 37.5 Å². The third-order valence-electron chi connectivity index (χ3n) is 2.70. The van der Waals surface area contributed by atoms with E-state index in [1.807, 2.05) is 32.2 Å². The first-order chi connectivity index (χ1) is 8.20. The second-order valence-electron chi connectivity index (χ2n) is 3.98. The van der Waals surface area contributed by atoms with Crippen LogP contribution in [0.15, 0.2) is 18.3 Å². The van der Waals surface area contributed by atoms with Gasteiger partial charge in [-0.3, -0.25) is 0 Å². The fourth-order valence-corrected chi connectivity index (χ4v) is 1.76. The van der Waals surface area contributed by atoms with Crippen molar-refractivity contribution >= 4 is 5.82 Å². The fourth-order valence-electron chi connectivity index (χ4n) is 1.76. The maximum absolute atomic E-state index is 5.96. The molecule has 0 aliphatic carbocycles. The maximum atomic E-state index is 5.96. The Morgan fingerprint density at radius 3 is 2.82 bits per heavy atom. The van der Waals surface area contributed by atoms with Crippen LogP contribution < -0.4 is 10.6 Å². The van der Waals surface area contributed by atoms with E-state index in [0.29, 0.717) is 0 Å². The molecule has 0 radical (unpaired) electrons. The molecule has 4 heteroatoms. The Balaban J connectivity index is 2.79. The van der Waals surface area contributed by atoms with Crippen molar-refractivity contribution in [3.8, 4) is 0 Å². The molecule has 0 spiro atoms. The van der Waals surface area contributed by atoms with E-state index in [1.54, 1.807) is 0 Å². The third kappa shape index (κ3) is 3.98. The Morgan fingerprint density at radius 1 is 1.47 bits per heavy atom. The van der Waals surface area contributed by atoms with Crippen molar-refractivity contribution in [1.82, 2.24) is 4.98 Å². The number of hydrogen-bond acceptors (Lipinski definition) is 4. The van der Waals surface area contributed by atoms with E-state index in [0.717, 1.165) is 37.7 Å². The Kier molecular flexibility index (Phi) is 5.94. The normalized spacial score (nSPS) is 12.5. The van der Waals surface area contributed by atoms with E-state index in [9.17, 15) is 0 Å². The molecule has 0 aliphatic rings. The van der Waals surface area contributed by atoms with Crippen LogP contribution in [-0.2, 0) is 4.74 Å². The van der Waals surface area contributed by atoms with E-state index < -0.39 is 0 Å². The van der Waals surface area contributed by atoms with Crippen LogP contribution in [0, 0.1) is 0 Å². The van der Waals surface area contributed by atoms with Crippen molar-refractivity contribution in [2.24, 2.45) is 5.73 Å². The van der Waals surface area contributed by atoms with Gasteiger partial charge in [0.15, 0.2) is 0 Å². The van der Waals surface area contributed by atoms with Crippen molar-refractivity contribution < 1.29 is 4.74 Å². The quantitative estimate of drug-likeness (QED) is 0.737. The van der Waals surface area contributed by atoms with Crippen molar-refractivity contribution in [2.75, 3.05) is 31.2 Å². The van der Waals surface area contributed by atoms with Crippen LogP contribution in [0.4, 0.5) is 5.82 Å². The number of ether oxygens (including phenoxy) is 1. The lowest BCUT2D eigenvalue weighted by molar-refractivity contribution is 0.154. The SMILES string of the molecule is CCOCCN(CC)c1ncccc1C(C)N. The number of aromatic nitrogens is 1. The first kappa shape index (κ1) is 13.9. The van der Waals surface area contributed by atoms with Crippen molar-refractivity contribution in [3.05, 3.63) is 23.9 Å². The number of anilines is 1. The Hall–Kier alpha value is -1.13. The van der Waals surface area contributed by atoms with Crippen LogP contribution in [0.1, 0.15) is 32.4 Å². The van der Waals surface area contributed by atoms with Crippen LogP contribution >= 0.6 is 0 Å². The minimum atomic E-state index is -0.000145. The predicted octanol–water partition coefficient (Wildman–Crippen LogP) is 1.96. The zero-order valence-corrected chi connectivity index (χ0v) is 11.0. The topological polar surface area (TPSA) is 51.4 Å². The van der Waals surface area contributed by atoms with Gasteiger partial charge in [-0.05, 0) is 26.8 Å². The summed E-state index contributed by atoms with van der Waals surface area (Å²) >= 11 is 0. The Morgan fingerprint density at radius 2 is 2.24 bits per heavy atom. The largest absolute Gasteiger partial charge is 0.380 e. The summed E-state index contributed by atoms with van der Waals surface area (Å²) in [4.78, 5) is 6.64. The molecule has 0 aliphatic heterocycles. The van der Waals surface area contributed by atoms with Gasteiger partial charge in [-0.15, -0.1) is 0 Å². The van der Waals surface area contributed by atoms with Crippen LogP contribution in [0.5, 0.6) is 0 Å². The molecule has 1 rings (SSSR count). The highest BCUT2D eigenvalue weighted by atomic mass is 16.5. The van der Waals surface area contributed by atoms with Gasteiger partial charge in [-0.1, -0.05) is 6.07 Å². The van der Waals surface area contributed by atoms with Crippen molar-refractivity contribution in [1.29, 1.82) is 0 Å². The van der Waals surface area contributed by atoms with E-state index in [4.69, 9.17) is 10.5 Å². The molecular weight excluding hydrogens is 214 g/mol. The molecule has 4 nitrogen and oxygen atoms in total. The highest BCUT2D eigenvalue weighted by molar-refractivity contribution is 5.48. The molecule has 0 saturated carbocycles. The summed E-state index contributed by atoms with van der Waals surface area (Å²) in [7, 11) is 0. The number of hydrogen-bond donors (Lipinski definition) is 1. The zero-order valence-electron chi connectivity index (χ0n) is 11.0. The molecule has 1 unspecified atom stereocenters. The summed E-state index contributed by atoms with van der Waals surface area (Å²) in [5.41, 5.74) is 7.05. The van der Waals surface area contributed by atoms with Gasteiger partial charge in [-0.2, -0.15) is 0 Å². The molecule has 96 valence electrons. The summed E-state index contributed by atoms with van der Waals surface area (Å²) in [6.07, 6.45) is 1.81. The number of nitrogens with zero attached hydrogens (tertiary/aromatic N) is 2. The first-order valence-corrected chi connectivity index (χ1v) is 6.23. The summed E-state index contributed by atoms with van der Waals surface area (Å²) in [5.74, 6) is 0.977. The number of pyridine rings is 1. The first-order valence-electron chi connectivity index (χ1n) is 6.23. The second-order valence-corrected chi connectivity index (χ2v) is 3.98. The molecule has 1 aromatic rings. The summed E-state index contributed by atoms with van der Waals surface area (Å²) in [5, 5.41) is 0. The summed E-state index contributed by atoms with van der Waals surface area (Å²) < 4.78 is 5.39. The van der Waals surface area contributed by atoms with E-state index in [-0.39, 0.29) is 6.04 Å². The summed E-state index contributed by atoms with van der Waals surface area (Å²) in [6, 6.07) is 3.97. The fraction of sp³-hybridized carbons (Fsp3) is 0.615. The average Bonchev–Trinajstić information content (AvgIpc) is 2.35. The third-order valence-corrected chi connectivity index (χ3v) is 2.70. The van der Waals surface area contributed by atoms with Crippen LogP contribution in [-0.4, -0.2) is 31.3 Å². The zero-order chi connectivity index (χ0) is 12.7. The van der Waals surface area contributed by atoms with Gasteiger partial charge in [0.25, 0.3) is 0 Å². The Bertz CT molecular complexity index is 328. The van der Waals surface area contributed by atoms with Crippen LogP contribution in [0.2, 0.25) is 0 Å². The smallest absolute Gasteiger partial charge is 0.133 e. The van der Waals surface area contributed by atoms with E-state index in [1.165, 1.54) is 0 Å². The van der Waals surface area contributed by atoms with Gasteiger partial charge in [0.1, 0.15) is 5.82 Å². The molecule has 0 aromatic carbocycles. The molecule has 1 atom stereocenters. The standard InChI is InChI=1S/C13H23N3O/c1-4-16(9-10-17-5-2)13-12(11(3)14)7-6-8-15-13/h6-8,11H,4-5,9-10,14H2,1-3H3. The molecule has 0 amide bonds. The van der Waals surface area contributed by atoms with Gasteiger partial charge >= 0.3 is 0 Å². The minimum Gasteiger partial charge on any atom is -0.380 e. The molecule has 0 saturated heterocycles. The lowest BCUT2D eigenvalue weighted by Crippen LogP contribution is -2.29. The Labute approximate surface area is 104 Å². The van der Waals surface area contributed by atoms with Crippen molar-refractivity contribution in [2.45, 2.75) is 26.8 Å². The maximum Gasteiger partial charge on any atom is 0.133 e. The lowest BCUT2D eigenvalue weighted by atomic mass is 10.1. The molecule has 0 fully saturated rings. The van der Waals surface area contributed by atoms with Crippen LogP contribution in [0.25, 0.3) is 0 Å². The van der Waals surface area contributed by atoms with E-state index in [2.05, 4.69) is 16.8 Å². The number of rotatable bonds is 7. The molecule has 1 aromatic heterocycles. The summed E-state index contributed by atoms with van der Waals surface area (Å²) in [6.45, 7) is 9.33. The number of nitrogens with two attached hydrogens (primary N) is 1. The number of likely N-dealkylation sites (N-methyl/N-ethyl adjacent to an activating group) is 1. The molecule has 17 heavy (non-hydrogen) atoms. The highest BCUT2D eigenvalue weighted by Gasteiger charge is 2.13. The molecule has 0 bridgehead atoms. The highest BCUT2D eigenvalue weighted by Crippen LogP contribution is 2.21. The monoisotopic (exact) mass is 237 g/mol. The van der Waals surface area contributed by atoms with Gasteiger partial charge < -0.3 is 15.4 Å². The van der Waals surface area contributed by atoms with Gasteiger partial charge in [0.05, 0.1) is 6.61 Å². The van der Waals surface area contributed by atoms with Gasteiger partial charge in [0.2, 0.25) is 0 Å². The predicted molar refractivity (Wildman–Crippen MR) is 71.2 cm³/mol. The second kappa shape index (κ2) is 7.25. The van der Waals surface area contributed by atoms with Crippen molar-refractivity contribution in [3.63, 3.8) is 0 Å². The minimum absolute atomic E-state index is 0.000145.